The van der Waals surface area contributed by atoms with Crippen molar-refractivity contribution in [2.24, 2.45) is 4.99 Å². The molecule has 0 aliphatic carbocycles. The van der Waals surface area contributed by atoms with E-state index in [1.54, 1.807) is 6.20 Å². The minimum atomic E-state index is 0.0152. The van der Waals surface area contributed by atoms with E-state index in [1.807, 2.05) is 72.4 Å². The highest BCUT2D eigenvalue weighted by Gasteiger charge is 2.11. The van der Waals surface area contributed by atoms with Crippen molar-refractivity contribution >= 4 is 5.96 Å². The lowest BCUT2D eigenvalue weighted by Gasteiger charge is -2.18. The molecule has 0 spiro atoms. The summed E-state index contributed by atoms with van der Waals surface area (Å²) in [5.74, 6) is 0.744. The monoisotopic (exact) mass is 377 g/mol. The van der Waals surface area contributed by atoms with Crippen LogP contribution >= 0.6 is 0 Å². The van der Waals surface area contributed by atoms with Crippen molar-refractivity contribution in [1.82, 2.24) is 20.4 Å². The number of aliphatic imine (C=N–C) groups is 1. The molecule has 0 saturated carbocycles. The molecule has 1 aromatic heterocycles. The van der Waals surface area contributed by atoms with Gasteiger partial charge in [0.25, 0.3) is 0 Å². The standard InChI is InChI=1S/C22H27N5O/c1-2-23-22(25-16-20(17-28)18-9-4-3-5-10-18)24-15-19-11-6-7-12-21(19)27-14-8-13-26-27/h3-14,20,28H,2,15-17H2,1H3,(H2,23,24,25). The van der Waals surface area contributed by atoms with E-state index in [2.05, 4.69) is 21.8 Å². The second-order valence-electron chi connectivity index (χ2n) is 6.45. The van der Waals surface area contributed by atoms with Crippen LogP contribution in [-0.2, 0) is 6.54 Å². The maximum atomic E-state index is 9.76. The summed E-state index contributed by atoms with van der Waals surface area (Å²) < 4.78 is 1.85. The third-order valence-electron chi connectivity index (χ3n) is 4.50. The Kier molecular flexibility index (Phi) is 7.21. The second-order valence-corrected chi connectivity index (χ2v) is 6.45. The normalized spacial score (nSPS) is 12.6. The third kappa shape index (κ3) is 5.20. The predicted octanol–water partition coefficient (Wildman–Crippen LogP) is 2.70. The molecule has 1 heterocycles. The smallest absolute Gasteiger partial charge is 0.191 e. The minimum Gasteiger partial charge on any atom is -0.396 e. The van der Waals surface area contributed by atoms with Crippen LogP contribution in [0.1, 0.15) is 24.0 Å². The molecular formula is C22H27N5O. The summed E-state index contributed by atoms with van der Waals surface area (Å²) >= 11 is 0. The number of aliphatic hydroxyl groups excluding tert-OH is 1. The molecule has 0 bridgehead atoms. The molecule has 0 aliphatic heterocycles. The Labute approximate surface area is 165 Å². The summed E-state index contributed by atoms with van der Waals surface area (Å²) in [4.78, 5) is 4.73. The summed E-state index contributed by atoms with van der Waals surface area (Å²) in [7, 11) is 0. The quantitative estimate of drug-likeness (QED) is 0.417. The number of benzene rings is 2. The first-order valence-electron chi connectivity index (χ1n) is 9.57. The van der Waals surface area contributed by atoms with E-state index in [1.165, 1.54) is 0 Å². The van der Waals surface area contributed by atoms with Gasteiger partial charge in [-0.3, -0.25) is 0 Å². The largest absolute Gasteiger partial charge is 0.396 e. The van der Waals surface area contributed by atoms with Crippen molar-refractivity contribution in [3.8, 4) is 5.69 Å². The van der Waals surface area contributed by atoms with Gasteiger partial charge in [0.05, 0.1) is 18.8 Å². The molecule has 1 unspecified atom stereocenters. The zero-order valence-corrected chi connectivity index (χ0v) is 16.1. The van der Waals surface area contributed by atoms with Gasteiger partial charge in [0.1, 0.15) is 0 Å². The highest BCUT2D eigenvalue weighted by molar-refractivity contribution is 5.79. The molecule has 0 amide bonds. The molecule has 3 aromatic rings. The van der Waals surface area contributed by atoms with E-state index in [4.69, 9.17) is 4.99 Å². The van der Waals surface area contributed by atoms with Crippen LogP contribution in [0.25, 0.3) is 5.69 Å². The number of guanidine groups is 1. The van der Waals surface area contributed by atoms with Crippen LogP contribution in [0.2, 0.25) is 0 Å². The van der Waals surface area contributed by atoms with Crippen molar-refractivity contribution in [3.63, 3.8) is 0 Å². The van der Waals surface area contributed by atoms with Crippen molar-refractivity contribution in [2.45, 2.75) is 19.4 Å². The van der Waals surface area contributed by atoms with E-state index in [0.717, 1.165) is 29.3 Å². The van der Waals surface area contributed by atoms with Gasteiger partial charge in [0, 0.05) is 31.4 Å². The maximum absolute atomic E-state index is 9.76. The van der Waals surface area contributed by atoms with Crippen LogP contribution in [0, 0.1) is 0 Å². The van der Waals surface area contributed by atoms with Crippen molar-refractivity contribution in [1.29, 1.82) is 0 Å². The van der Waals surface area contributed by atoms with Gasteiger partial charge in [-0.2, -0.15) is 5.10 Å². The summed E-state index contributed by atoms with van der Waals surface area (Å²) in [5.41, 5.74) is 3.21. The van der Waals surface area contributed by atoms with E-state index in [9.17, 15) is 5.11 Å². The summed E-state index contributed by atoms with van der Waals surface area (Å²) in [6.07, 6.45) is 3.70. The third-order valence-corrected chi connectivity index (χ3v) is 4.50. The Bertz CT molecular complexity index is 862. The lowest BCUT2D eigenvalue weighted by Crippen LogP contribution is -2.40. The SMILES string of the molecule is CCNC(=NCc1ccccc1-n1cccn1)NCC(CO)c1ccccc1. The topological polar surface area (TPSA) is 74.5 Å². The minimum absolute atomic E-state index is 0.0152. The van der Waals surface area contributed by atoms with Crippen molar-refractivity contribution in [3.05, 3.63) is 84.2 Å². The van der Waals surface area contributed by atoms with E-state index in [0.29, 0.717) is 13.1 Å². The molecule has 1 atom stereocenters. The van der Waals surface area contributed by atoms with Gasteiger partial charge < -0.3 is 15.7 Å². The average molecular weight is 377 g/mol. The highest BCUT2D eigenvalue weighted by Crippen LogP contribution is 2.15. The van der Waals surface area contributed by atoms with Crippen LogP contribution in [0.15, 0.2) is 78.0 Å². The summed E-state index contributed by atoms with van der Waals surface area (Å²) in [5, 5.41) is 20.7. The van der Waals surface area contributed by atoms with Crippen LogP contribution in [-0.4, -0.2) is 40.5 Å². The summed E-state index contributed by atoms with van der Waals surface area (Å²) in [6.45, 7) is 4.02. The predicted molar refractivity (Wildman–Crippen MR) is 113 cm³/mol. The van der Waals surface area contributed by atoms with Crippen LogP contribution in [0.3, 0.4) is 0 Å². The lowest BCUT2D eigenvalue weighted by atomic mass is 10.0. The number of hydrogen-bond donors (Lipinski definition) is 3. The molecule has 0 radical (unpaired) electrons. The fourth-order valence-electron chi connectivity index (χ4n) is 3.02. The Morgan fingerprint density at radius 1 is 1.07 bits per heavy atom. The number of nitrogens with one attached hydrogen (secondary N) is 2. The Hall–Kier alpha value is -3.12. The molecule has 0 fully saturated rings. The molecule has 0 saturated heterocycles. The maximum Gasteiger partial charge on any atom is 0.191 e. The number of para-hydroxylation sites is 1. The van der Waals surface area contributed by atoms with Crippen molar-refractivity contribution < 1.29 is 5.11 Å². The molecule has 6 nitrogen and oxygen atoms in total. The summed E-state index contributed by atoms with van der Waals surface area (Å²) in [6, 6.07) is 20.0. The van der Waals surface area contributed by atoms with Gasteiger partial charge >= 0.3 is 0 Å². The molecular weight excluding hydrogens is 350 g/mol. The van der Waals surface area contributed by atoms with Gasteiger partial charge in [0.2, 0.25) is 0 Å². The Morgan fingerprint density at radius 3 is 2.57 bits per heavy atom. The Morgan fingerprint density at radius 2 is 1.86 bits per heavy atom. The molecule has 3 N–H and O–H groups in total. The fraction of sp³-hybridized carbons (Fsp3) is 0.273. The average Bonchev–Trinajstić information content (AvgIpc) is 3.28. The molecule has 2 aromatic carbocycles. The van der Waals surface area contributed by atoms with Gasteiger partial charge in [-0.05, 0) is 30.2 Å². The van der Waals surface area contributed by atoms with E-state index in [-0.39, 0.29) is 12.5 Å². The number of aliphatic hydroxyl groups is 1. The zero-order chi connectivity index (χ0) is 19.6. The van der Waals surface area contributed by atoms with Gasteiger partial charge in [-0.25, -0.2) is 9.67 Å². The Balaban J connectivity index is 1.70. The first kappa shape index (κ1) is 19.6. The zero-order valence-electron chi connectivity index (χ0n) is 16.1. The van der Waals surface area contributed by atoms with Crippen LogP contribution in [0.4, 0.5) is 0 Å². The molecule has 6 heteroatoms. The number of nitrogens with zero attached hydrogens (tertiary/aromatic N) is 3. The fourth-order valence-corrected chi connectivity index (χ4v) is 3.02. The van der Waals surface area contributed by atoms with E-state index < -0.39 is 0 Å². The lowest BCUT2D eigenvalue weighted by molar-refractivity contribution is 0.265. The molecule has 0 aliphatic rings. The van der Waals surface area contributed by atoms with Crippen LogP contribution < -0.4 is 10.6 Å². The highest BCUT2D eigenvalue weighted by atomic mass is 16.3. The van der Waals surface area contributed by atoms with E-state index >= 15 is 0 Å². The molecule has 28 heavy (non-hydrogen) atoms. The van der Waals surface area contributed by atoms with Gasteiger partial charge in [-0.15, -0.1) is 0 Å². The van der Waals surface area contributed by atoms with Gasteiger partial charge in [0.15, 0.2) is 5.96 Å². The van der Waals surface area contributed by atoms with Gasteiger partial charge in [-0.1, -0.05) is 48.5 Å². The molecule has 146 valence electrons. The van der Waals surface area contributed by atoms with Crippen LogP contribution in [0.5, 0.6) is 0 Å². The molecule has 3 rings (SSSR count). The number of aromatic nitrogens is 2. The van der Waals surface area contributed by atoms with Crippen molar-refractivity contribution in [2.75, 3.05) is 19.7 Å². The number of hydrogen-bond acceptors (Lipinski definition) is 3. The second kappa shape index (κ2) is 10.3. The first-order chi connectivity index (χ1) is 13.8. The first-order valence-corrected chi connectivity index (χ1v) is 9.57. The number of rotatable bonds is 8.